The van der Waals surface area contributed by atoms with Crippen LogP contribution in [0.5, 0.6) is 0 Å². The van der Waals surface area contributed by atoms with Gasteiger partial charge >= 0.3 is 5.97 Å². The van der Waals surface area contributed by atoms with E-state index in [1.54, 1.807) is 11.4 Å². The molecule has 1 aromatic heterocycles. The summed E-state index contributed by atoms with van der Waals surface area (Å²) in [5, 5.41) is 1.65. The highest BCUT2D eigenvalue weighted by atomic mass is 32.1. The quantitative estimate of drug-likeness (QED) is 0.871. The number of rotatable bonds is 3. The van der Waals surface area contributed by atoms with Crippen molar-refractivity contribution in [3.63, 3.8) is 0 Å². The molecule has 94 valence electrons. The smallest absolute Gasteiger partial charge is 0.350 e. The average molecular weight is 269 g/mol. The molecule has 0 atom stereocenters. The number of thiophene rings is 1. The number of carbonyl (C=O) groups excluding carboxylic acids is 1. The molecule has 1 aromatic carbocycles. The van der Waals surface area contributed by atoms with Crippen LogP contribution in [0.3, 0.4) is 0 Å². The Labute approximate surface area is 106 Å². The van der Waals surface area contributed by atoms with E-state index in [4.69, 9.17) is 10.5 Å². The maximum Gasteiger partial charge on any atom is 0.350 e. The molecule has 0 bridgehead atoms. The van der Waals surface area contributed by atoms with E-state index in [9.17, 15) is 13.6 Å². The molecule has 3 nitrogen and oxygen atoms in total. The van der Waals surface area contributed by atoms with Crippen molar-refractivity contribution in [1.82, 2.24) is 0 Å². The topological polar surface area (TPSA) is 52.3 Å². The summed E-state index contributed by atoms with van der Waals surface area (Å²) < 4.78 is 31.1. The first-order chi connectivity index (χ1) is 8.59. The Kier molecular flexibility index (Phi) is 3.57. The molecule has 2 aromatic rings. The molecule has 2 rings (SSSR count). The van der Waals surface area contributed by atoms with Gasteiger partial charge in [-0.2, -0.15) is 0 Å². The largest absolute Gasteiger partial charge is 0.456 e. The number of nitrogens with two attached hydrogens (primary N) is 1. The molecule has 0 fully saturated rings. The van der Waals surface area contributed by atoms with Crippen molar-refractivity contribution in [2.75, 3.05) is 5.73 Å². The first kappa shape index (κ1) is 12.5. The summed E-state index contributed by atoms with van der Waals surface area (Å²) in [6.45, 7) is -0.334. The fourth-order valence-electron chi connectivity index (χ4n) is 1.35. The Hall–Kier alpha value is -1.95. The Morgan fingerprint density at radius 3 is 2.78 bits per heavy atom. The Bertz CT molecular complexity index is 583. The summed E-state index contributed by atoms with van der Waals surface area (Å²) in [6, 6.07) is 5.27. The second kappa shape index (κ2) is 5.14. The predicted molar refractivity (Wildman–Crippen MR) is 64.2 cm³/mol. The highest BCUT2D eigenvalue weighted by molar-refractivity contribution is 7.12. The van der Waals surface area contributed by atoms with E-state index in [-0.39, 0.29) is 17.0 Å². The highest BCUT2D eigenvalue weighted by Gasteiger charge is 2.14. The molecule has 18 heavy (non-hydrogen) atoms. The lowest BCUT2D eigenvalue weighted by atomic mass is 10.2. The van der Waals surface area contributed by atoms with Gasteiger partial charge in [-0.1, -0.05) is 12.1 Å². The van der Waals surface area contributed by atoms with Crippen LogP contribution in [0, 0.1) is 11.6 Å². The molecule has 0 aliphatic rings. The third-order valence-corrected chi connectivity index (χ3v) is 3.18. The van der Waals surface area contributed by atoms with Gasteiger partial charge in [0.15, 0.2) is 11.6 Å². The number of ether oxygens (including phenoxy) is 1. The van der Waals surface area contributed by atoms with Crippen molar-refractivity contribution < 1.29 is 18.3 Å². The zero-order valence-electron chi connectivity index (χ0n) is 9.15. The summed E-state index contributed by atoms with van der Waals surface area (Å²) in [7, 11) is 0. The standard InChI is InChI=1S/C12H9F2NO2S/c13-8-3-1-2-7(10(8)14)6-17-12(16)11-9(15)4-5-18-11/h1-5H,6,15H2. The highest BCUT2D eigenvalue weighted by Crippen LogP contribution is 2.21. The van der Waals surface area contributed by atoms with E-state index in [2.05, 4.69) is 0 Å². The van der Waals surface area contributed by atoms with E-state index in [1.165, 1.54) is 12.1 Å². The van der Waals surface area contributed by atoms with Gasteiger partial charge in [0.25, 0.3) is 0 Å². The Balaban J connectivity index is 2.06. The fourth-order valence-corrected chi connectivity index (χ4v) is 2.06. The molecule has 6 heteroatoms. The lowest BCUT2D eigenvalue weighted by Gasteiger charge is -2.05. The second-order valence-electron chi connectivity index (χ2n) is 3.49. The molecule has 1 heterocycles. The summed E-state index contributed by atoms with van der Waals surface area (Å²) >= 11 is 1.13. The van der Waals surface area contributed by atoms with Crippen LogP contribution in [-0.4, -0.2) is 5.97 Å². The predicted octanol–water partition coefficient (Wildman–Crippen LogP) is 2.97. The Morgan fingerprint density at radius 1 is 1.33 bits per heavy atom. The van der Waals surface area contributed by atoms with Crippen molar-refractivity contribution >= 4 is 23.0 Å². The zero-order chi connectivity index (χ0) is 13.1. The molecule has 0 saturated carbocycles. The normalized spacial score (nSPS) is 10.3. The maximum absolute atomic E-state index is 13.3. The van der Waals surface area contributed by atoms with Crippen molar-refractivity contribution in [2.45, 2.75) is 6.61 Å². The number of hydrogen-bond acceptors (Lipinski definition) is 4. The first-order valence-corrected chi connectivity index (χ1v) is 5.90. The third-order valence-electron chi connectivity index (χ3n) is 2.27. The van der Waals surface area contributed by atoms with Crippen LogP contribution in [0.15, 0.2) is 29.6 Å². The van der Waals surface area contributed by atoms with Crippen molar-refractivity contribution in [3.05, 3.63) is 51.7 Å². The average Bonchev–Trinajstić information content (AvgIpc) is 2.77. The molecule has 0 spiro atoms. The van der Waals surface area contributed by atoms with E-state index in [0.717, 1.165) is 17.4 Å². The lowest BCUT2D eigenvalue weighted by Crippen LogP contribution is -2.07. The summed E-state index contributed by atoms with van der Waals surface area (Å²) in [4.78, 5) is 11.8. The molecule has 0 aliphatic heterocycles. The minimum absolute atomic E-state index is 0.0153. The van der Waals surface area contributed by atoms with Gasteiger partial charge in [0.1, 0.15) is 11.5 Å². The lowest BCUT2D eigenvalue weighted by molar-refractivity contribution is 0.0475. The number of nitrogen functional groups attached to an aromatic ring is 1. The van der Waals surface area contributed by atoms with Crippen LogP contribution < -0.4 is 5.73 Å². The zero-order valence-corrected chi connectivity index (χ0v) is 9.97. The molecule has 0 aliphatic carbocycles. The van der Waals surface area contributed by atoms with Gasteiger partial charge in [0.05, 0.1) is 5.69 Å². The number of carbonyl (C=O) groups is 1. The number of esters is 1. The van der Waals surface area contributed by atoms with Crippen molar-refractivity contribution in [2.24, 2.45) is 0 Å². The number of benzene rings is 1. The Morgan fingerprint density at radius 2 is 2.11 bits per heavy atom. The van der Waals surface area contributed by atoms with Gasteiger partial charge in [-0.15, -0.1) is 11.3 Å². The number of hydrogen-bond donors (Lipinski definition) is 1. The van der Waals surface area contributed by atoms with Crippen molar-refractivity contribution in [1.29, 1.82) is 0 Å². The van der Waals surface area contributed by atoms with Crippen LogP contribution in [0.25, 0.3) is 0 Å². The molecule has 0 saturated heterocycles. The van der Waals surface area contributed by atoms with Crippen LogP contribution in [-0.2, 0) is 11.3 Å². The van der Waals surface area contributed by atoms with Gasteiger partial charge in [-0.05, 0) is 17.5 Å². The van der Waals surface area contributed by atoms with Crippen LogP contribution in [0.4, 0.5) is 14.5 Å². The first-order valence-electron chi connectivity index (χ1n) is 5.02. The van der Waals surface area contributed by atoms with E-state index < -0.39 is 17.6 Å². The number of anilines is 1. The molecule has 0 amide bonds. The molecule has 0 unspecified atom stereocenters. The van der Waals surface area contributed by atoms with Gasteiger partial charge in [0.2, 0.25) is 0 Å². The van der Waals surface area contributed by atoms with E-state index in [0.29, 0.717) is 5.69 Å². The molecule has 0 radical (unpaired) electrons. The maximum atomic E-state index is 13.3. The van der Waals surface area contributed by atoms with Crippen molar-refractivity contribution in [3.8, 4) is 0 Å². The molecule has 2 N–H and O–H groups in total. The van der Waals surface area contributed by atoms with Gasteiger partial charge < -0.3 is 10.5 Å². The fraction of sp³-hybridized carbons (Fsp3) is 0.0833. The summed E-state index contributed by atoms with van der Waals surface area (Å²) in [5.74, 6) is -2.63. The van der Waals surface area contributed by atoms with Gasteiger partial charge in [0, 0.05) is 5.56 Å². The van der Waals surface area contributed by atoms with Gasteiger partial charge in [-0.3, -0.25) is 0 Å². The summed E-state index contributed by atoms with van der Waals surface area (Å²) in [6.07, 6.45) is 0. The summed E-state index contributed by atoms with van der Waals surface area (Å²) in [5.41, 5.74) is 5.83. The van der Waals surface area contributed by atoms with E-state index >= 15 is 0 Å². The second-order valence-corrected chi connectivity index (χ2v) is 4.41. The molecular formula is C12H9F2NO2S. The number of halogens is 2. The minimum Gasteiger partial charge on any atom is -0.456 e. The third kappa shape index (κ3) is 2.48. The minimum atomic E-state index is -1.01. The van der Waals surface area contributed by atoms with Crippen LogP contribution >= 0.6 is 11.3 Å². The van der Waals surface area contributed by atoms with Crippen LogP contribution in [0.1, 0.15) is 15.2 Å². The van der Waals surface area contributed by atoms with Crippen LogP contribution in [0.2, 0.25) is 0 Å². The SMILES string of the molecule is Nc1ccsc1C(=O)OCc1cccc(F)c1F. The van der Waals surface area contributed by atoms with Gasteiger partial charge in [-0.25, -0.2) is 13.6 Å². The molecular weight excluding hydrogens is 260 g/mol. The van der Waals surface area contributed by atoms with E-state index in [1.807, 2.05) is 0 Å². The monoisotopic (exact) mass is 269 g/mol.